The highest BCUT2D eigenvalue weighted by Crippen LogP contribution is 2.56. The lowest BCUT2D eigenvalue weighted by atomic mass is 10.0. The Labute approximate surface area is 125 Å². The predicted molar refractivity (Wildman–Crippen MR) is 87.3 cm³/mol. The fraction of sp³-hybridized carbons (Fsp3) is 0.100. The monoisotopic (exact) mass is 271 g/mol. The van der Waals surface area contributed by atoms with Crippen molar-refractivity contribution in [3.05, 3.63) is 102 Å². The Kier molecular flexibility index (Phi) is 2.97. The first kappa shape index (κ1) is 12.2. The van der Waals surface area contributed by atoms with Gasteiger partial charge in [-0.2, -0.15) is 0 Å². The van der Waals surface area contributed by atoms with E-state index in [0.29, 0.717) is 12.1 Å². The van der Waals surface area contributed by atoms with E-state index in [-0.39, 0.29) is 0 Å². The Bertz CT molecular complexity index is 597. The smallest absolute Gasteiger partial charge is 0.0795 e. The highest BCUT2D eigenvalue weighted by atomic mass is 15.4. The van der Waals surface area contributed by atoms with Crippen LogP contribution in [0.2, 0.25) is 0 Å². The summed E-state index contributed by atoms with van der Waals surface area (Å²) >= 11 is 0. The molecule has 2 atom stereocenters. The number of benzene rings is 3. The van der Waals surface area contributed by atoms with Crippen molar-refractivity contribution in [3.63, 3.8) is 0 Å². The molecule has 0 radical (unpaired) electrons. The van der Waals surface area contributed by atoms with Crippen LogP contribution in [0.3, 0.4) is 0 Å². The quantitative estimate of drug-likeness (QED) is 0.606. The largest absolute Gasteiger partial charge is 0.353 e. The molecule has 1 aliphatic rings. The van der Waals surface area contributed by atoms with Gasteiger partial charge >= 0.3 is 0 Å². The lowest BCUT2D eigenvalue weighted by Gasteiger charge is -2.06. The van der Waals surface area contributed by atoms with Gasteiger partial charge < -0.3 is 4.90 Å². The SMILES string of the molecule is c1ccc([C@@H]2[C@H](c3ccccc3)N2c2ccccc2)cc1. The summed E-state index contributed by atoms with van der Waals surface area (Å²) in [6, 6.07) is 33.1. The van der Waals surface area contributed by atoms with Gasteiger partial charge in [-0.15, -0.1) is 0 Å². The fourth-order valence-corrected chi connectivity index (χ4v) is 3.14. The van der Waals surface area contributed by atoms with Crippen molar-refractivity contribution in [2.45, 2.75) is 12.1 Å². The first-order valence-electron chi connectivity index (χ1n) is 7.38. The second kappa shape index (κ2) is 5.10. The molecule has 1 saturated heterocycles. The minimum Gasteiger partial charge on any atom is -0.353 e. The molecule has 1 heterocycles. The standard InChI is InChI=1S/C20H17N/c1-4-10-16(11-5-1)19-20(17-12-6-2-7-13-17)21(19)18-14-8-3-9-15-18/h1-15,19-20H/t19-,20+,21?. The van der Waals surface area contributed by atoms with Gasteiger partial charge in [-0.05, 0) is 23.3 Å². The lowest BCUT2D eigenvalue weighted by molar-refractivity contribution is 1.03. The van der Waals surface area contributed by atoms with Crippen LogP contribution in [0.5, 0.6) is 0 Å². The Hall–Kier alpha value is -2.54. The van der Waals surface area contributed by atoms with Crippen LogP contribution in [-0.2, 0) is 0 Å². The molecule has 3 aromatic rings. The van der Waals surface area contributed by atoms with Gasteiger partial charge in [0.05, 0.1) is 12.1 Å². The lowest BCUT2D eigenvalue weighted by Crippen LogP contribution is -1.95. The molecular formula is C20H17N. The van der Waals surface area contributed by atoms with Crippen molar-refractivity contribution < 1.29 is 0 Å². The molecule has 0 bridgehead atoms. The molecule has 1 nitrogen and oxygen atoms in total. The molecule has 0 saturated carbocycles. The summed E-state index contributed by atoms with van der Waals surface area (Å²) in [6.07, 6.45) is 0. The maximum absolute atomic E-state index is 2.49. The van der Waals surface area contributed by atoms with E-state index in [0.717, 1.165) is 0 Å². The van der Waals surface area contributed by atoms with Crippen LogP contribution >= 0.6 is 0 Å². The van der Waals surface area contributed by atoms with Gasteiger partial charge in [-0.25, -0.2) is 0 Å². The summed E-state index contributed by atoms with van der Waals surface area (Å²) < 4.78 is 0. The Morgan fingerprint density at radius 3 is 1.29 bits per heavy atom. The molecule has 1 heteroatoms. The summed E-state index contributed by atoms with van der Waals surface area (Å²) in [4.78, 5) is 2.49. The molecule has 0 unspecified atom stereocenters. The number of hydrogen-bond acceptors (Lipinski definition) is 1. The second-order valence-corrected chi connectivity index (χ2v) is 5.45. The van der Waals surface area contributed by atoms with Crippen LogP contribution in [0.1, 0.15) is 23.2 Å². The van der Waals surface area contributed by atoms with Gasteiger partial charge in [0.1, 0.15) is 0 Å². The van der Waals surface area contributed by atoms with Crippen LogP contribution in [0, 0.1) is 0 Å². The van der Waals surface area contributed by atoms with Crippen molar-refractivity contribution in [2.75, 3.05) is 4.90 Å². The predicted octanol–water partition coefficient (Wildman–Crippen LogP) is 4.99. The topological polar surface area (TPSA) is 3.01 Å². The normalized spacial score (nSPS) is 20.3. The summed E-state index contributed by atoms with van der Waals surface area (Å²) in [5.41, 5.74) is 4.06. The van der Waals surface area contributed by atoms with Crippen LogP contribution in [0.4, 0.5) is 5.69 Å². The van der Waals surface area contributed by atoms with E-state index >= 15 is 0 Å². The van der Waals surface area contributed by atoms with E-state index in [1.807, 2.05) is 0 Å². The minimum absolute atomic E-state index is 0.441. The van der Waals surface area contributed by atoms with Crippen molar-refractivity contribution in [2.24, 2.45) is 0 Å². The third-order valence-corrected chi connectivity index (χ3v) is 4.15. The van der Waals surface area contributed by atoms with Crippen LogP contribution in [0.25, 0.3) is 0 Å². The number of rotatable bonds is 3. The van der Waals surface area contributed by atoms with Crippen LogP contribution in [-0.4, -0.2) is 0 Å². The number of para-hydroxylation sites is 1. The molecule has 0 aromatic heterocycles. The Balaban J connectivity index is 1.74. The zero-order valence-electron chi connectivity index (χ0n) is 11.8. The van der Waals surface area contributed by atoms with Crippen molar-refractivity contribution in [1.82, 2.24) is 0 Å². The van der Waals surface area contributed by atoms with E-state index in [1.165, 1.54) is 16.8 Å². The van der Waals surface area contributed by atoms with Gasteiger partial charge in [0.2, 0.25) is 0 Å². The molecule has 1 fully saturated rings. The number of anilines is 1. The van der Waals surface area contributed by atoms with Gasteiger partial charge in [0.25, 0.3) is 0 Å². The Morgan fingerprint density at radius 2 is 0.857 bits per heavy atom. The number of hydrogen-bond donors (Lipinski definition) is 0. The maximum atomic E-state index is 2.49. The first-order valence-corrected chi connectivity index (χ1v) is 7.38. The molecule has 0 N–H and O–H groups in total. The molecule has 21 heavy (non-hydrogen) atoms. The van der Waals surface area contributed by atoms with Crippen molar-refractivity contribution in [3.8, 4) is 0 Å². The van der Waals surface area contributed by atoms with E-state index in [9.17, 15) is 0 Å². The molecule has 0 spiro atoms. The third-order valence-electron chi connectivity index (χ3n) is 4.15. The Morgan fingerprint density at radius 1 is 0.476 bits per heavy atom. The summed E-state index contributed by atoms with van der Waals surface area (Å²) in [7, 11) is 0. The average Bonchev–Trinajstić information content (AvgIpc) is 3.33. The van der Waals surface area contributed by atoms with Crippen molar-refractivity contribution in [1.29, 1.82) is 0 Å². The zero-order valence-corrected chi connectivity index (χ0v) is 11.8. The number of nitrogens with zero attached hydrogens (tertiary/aromatic N) is 1. The molecule has 102 valence electrons. The average molecular weight is 271 g/mol. The first-order chi connectivity index (χ1) is 10.4. The van der Waals surface area contributed by atoms with Crippen LogP contribution < -0.4 is 4.90 Å². The van der Waals surface area contributed by atoms with E-state index < -0.39 is 0 Å². The fourth-order valence-electron chi connectivity index (χ4n) is 3.14. The summed E-state index contributed by atoms with van der Waals surface area (Å²) in [5.74, 6) is 0. The minimum atomic E-state index is 0.441. The highest BCUT2D eigenvalue weighted by molar-refractivity contribution is 5.61. The van der Waals surface area contributed by atoms with Crippen LogP contribution in [0.15, 0.2) is 91.0 Å². The molecule has 4 rings (SSSR count). The second-order valence-electron chi connectivity index (χ2n) is 5.45. The van der Waals surface area contributed by atoms with E-state index in [4.69, 9.17) is 0 Å². The molecule has 3 aromatic carbocycles. The molecule has 0 aliphatic carbocycles. The molecular weight excluding hydrogens is 254 g/mol. The third kappa shape index (κ3) is 2.21. The van der Waals surface area contributed by atoms with Gasteiger partial charge in [-0.3, -0.25) is 0 Å². The van der Waals surface area contributed by atoms with Crippen molar-refractivity contribution >= 4 is 5.69 Å². The van der Waals surface area contributed by atoms with Gasteiger partial charge in [-0.1, -0.05) is 78.9 Å². The van der Waals surface area contributed by atoms with E-state index in [2.05, 4.69) is 95.9 Å². The van der Waals surface area contributed by atoms with Gasteiger partial charge in [0, 0.05) is 5.69 Å². The zero-order chi connectivity index (χ0) is 14.1. The maximum Gasteiger partial charge on any atom is 0.0795 e. The van der Waals surface area contributed by atoms with Gasteiger partial charge in [0.15, 0.2) is 0 Å². The summed E-state index contributed by atoms with van der Waals surface area (Å²) in [5, 5.41) is 0. The highest BCUT2D eigenvalue weighted by Gasteiger charge is 2.49. The molecule has 0 amide bonds. The molecule has 1 aliphatic heterocycles. The van der Waals surface area contributed by atoms with E-state index in [1.54, 1.807) is 0 Å². The summed E-state index contributed by atoms with van der Waals surface area (Å²) in [6.45, 7) is 0.